The number of methoxy groups -OCH3 is 1. The quantitative estimate of drug-likeness (QED) is 0.731. The van der Waals surface area contributed by atoms with Crippen molar-refractivity contribution in [1.82, 2.24) is 10.2 Å². The number of hydrogen-bond acceptors (Lipinski definition) is 3. The van der Waals surface area contributed by atoms with Crippen LogP contribution in [0.3, 0.4) is 0 Å². The monoisotopic (exact) mass is 242 g/mol. The van der Waals surface area contributed by atoms with Crippen LogP contribution >= 0.6 is 0 Å². The molecule has 0 bridgehead atoms. The maximum Gasteiger partial charge on any atom is 0.225 e. The van der Waals surface area contributed by atoms with Gasteiger partial charge < -0.3 is 15.0 Å². The van der Waals surface area contributed by atoms with Gasteiger partial charge in [0.05, 0.1) is 6.61 Å². The summed E-state index contributed by atoms with van der Waals surface area (Å²) in [5.41, 5.74) is 0. The standard InChI is InChI=1S/C13H26N2O2/c1-3-4-9-15(10-11-17-2)13(16)12-5-7-14-8-6-12/h12,14H,3-11H2,1-2H3. The largest absolute Gasteiger partial charge is 0.383 e. The van der Waals surface area contributed by atoms with Crippen molar-refractivity contribution in [1.29, 1.82) is 0 Å². The number of ether oxygens (including phenoxy) is 1. The van der Waals surface area contributed by atoms with E-state index < -0.39 is 0 Å². The molecule has 0 aromatic heterocycles. The van der Waals surface area contributed by atoms with E-state index in [0.717, 1.165) is 51.9 Å². The zero-order chi connectivity index (χ0) is 12.5. The Morgan fingerprint density at radius 3 is 2.65 bits per heavy atom. The van der Waals surface area contributed by atoms with Gasteiger partial charge in [-0.1, -0.05) is 13.3 Å². The molecule has 1 saturated heterocycles. The number of carbonyl (C=O) groups excluding carboxylic acids is 1. The Morgan fingerprint density at radius 1 is 1.35 bits per heavy atom. The van der Waals surface area contributed by atoms with Gasteiger partial charge in [0.2, 0.25) is 5.91 Å². The maximum absolute atomic E-state index is 12.4. The highest BCUT2D eigenvalue weighted by Crippen LogP contribution is 2.15. The Kier molecular flexibility index (Phi) is 7.21. The first-order valence-electron chi connectivity index (χ1n) is 6.78. The summed E-state index contributed by atoms with van der Waals surface area (Å²) >= 11 is 0. The van der Waals surface area contributed by atoms with Gasteiger partial charge in [0.1, 0.15) is 0 Å². The fourth-order valence-electron chi connectivity index (χ4n) is 2.21. The third-order valence-corrected chi connectivity index (χ3v) is 3.35. The fraction of sp³-hybridized carbons (Fsp3) is 0.923. The van der Waals surface area contributed by atoms with Gasteiger partial charge in [0, 0.05) is 26.1 Å². The lowest BCUT2D eigenvalue weighted by Crippen LogP contribution is -2.42. The molecule has 0 unspecified atom stereocenters. The van der Waals surface area contributed by atoms with Crippen molar-refractivity contribution < 1.29 is 9.53 Å². The zero-order valence-corrected chi connectivity index (χ0v) is 11.2. The summed E-state index contributed by atoms with van der Waals surface area (Å²) in [6, 6.07) is 0. The molecular weight excluding hydrogens is 216 g/mol. The molecule has 1 heterocycles. The van der Waals surface area contributed by atoms with Crippen LogP contribution in [0.15, 0.2) is 0 Å². The number of nitrogens with one attached hydrogen (secondary N) is 1. The molecule has 1 rings (SSSR count). The molecule has 0 aromatic carbocycles. The lowest BCUT2D eigenvalue weighted by Gasteiger charge is -2.29. The number of nitrogens with zero attached hydrogens (tertiary/aromatic N) is 1. The second-order valence-corrected chi connectivity index (χ2v) is 4.70. The molecule has 4 heteroatoms. The maximum atomic E-state index is 12.4. The van der Waals surface area contributed by atoms with E-state index in [-0.39, 0.29) is 5.92 Å². The van der Waals surface area contributed by atoms with Gasteiger partial charge in [0.15, 0.2) is 0 Å². The van der Waals surface area contributed by atoms with Crippen LogP contribution in [0.5, 0.6) is 0 Å². The molecule has 0 aliphatic carbocycles. The van der Waals surface area contributed by atoms with Crippen LogP contribution in [-0.2, 0) is 9.53 Å². The summed E-state index contributed by atoms with van der Waals surface area (Å²) in [4.78, 5) is 14.3. The summed E-state index contributed by atoms with van der Waals surface area (Å²) in [6.07, 6.45) is 4.17. The SMILES string of the molecule is CCCCN(CCOC)C(=O)C1CCNCC1. The van der Waals surface area contributed by atoms with Crippen LogP contribution in [0.4, 0.5) is 0 Å². The second kappa shape index (κ2) is 8.48. The average Bonchev–Trinajstić information content (AvgIpc) is 2.39. The minimum Gasteiger partial charge on any atom is -0.383 e. The molecular formula is C13H26N2O2. The molecule has 0 atom stereocenters. The third kappa shape index (κ3) is 5.04. The van der Waals surface area contributed by atoms with Crippen molar-refractivity contribution in [3.63, 3.8) is 0 Å². The highest BCUT2D eigenvalue weighted by atomic mass is 16.5. The first-order valence-corrected chi connectivity index (χ1v) is 6.78. The normalized spacial score (nSPS) is 17.1. The van der Waals surface area contributed by atoms with Crippen LogP contribution < -0.4 is 5.32 Å². The van der Waals surface area contributed by atoms with Gasteiger partial charge in [-0.3, -0.25) is 4.79 Å². The van der Waals surface area contributed by atoms with Crippen molar-refractivity contribution in [3.05, 3.63) is 0 Å². The molecule has 0 aromatic rings. The zero-order valence-electron chi connectivity index (χ0n) is 11.2. The van der Waals surface area contributed by atoms with Gasteiger partial charge in [-0.15, -0.1) is 0 Å². The molecule has 1 aliphatic rings. The molecule has 0 radical (unpaired) electrons. The summed E-state index contributed by atoms with van der Waals surface area (Å²) < 4.78 is 5.08. The lowest BCUT2D eigenvalue weighted by molar-refractivity contribution is -0.137. The number of carbonyl (C=O) groups is 1. The number of amides is 1. The van der Waals surface area contributed by atoms with E-state index in [4.69, 9.17) is 4.74 Å². The number of unbranched alkanes of at least 4 members (excludes halogenated alkanes) is 1. The molecule has 17 heavy (non-hydrogen) atoms. The third-order valence-electron chi connectivity index (χ3n) is 3.35. The molecule has 1 aliphatic heterocycles. The predicted molar refractivity (Wildman–Crippen MR) is 69.0 cm³/mol. The molecule has 4 nitrogen and oxygen atoms in total. The van der Waals surface area contributed by atoms with Crippen LogP contribution in [0.2, 0.25) is 0 Å². The van der Waals surface area contributed by atoms with Gasteiger partial charge >= 0.3 is 0 Å². The minimum absolute atomic E-state index is 0.227. The second-order valence-electron chi connectivity index (χ2n) is 4.70. The van der Waals surface area contributed by atoms with Crippen LogP contribution in [0, 0.1) is 5.92 Å². The molecule has 1 fully saturated rings. The summed E-state index contributed by atoms with van der Waals surface area (Å²) in [5, 5.41) is 3.30. The molecule has 1 amide bonds. The lowest BCUT2D eigenvalue weighted by atomic mass is 9.96. The van der Waals surface area contributed by atoms with E-state index in [1.165, 1.54) is 0 Å². The Hall–Kier alpha value is -0.610. The number of rotatable bonds is 7. The Balaban J connectivity index is 2.44. The Morgan fingerprint density at radius 2 is 2.06 bits per heavy atom. The van der Waals surface area contributed by atoms with Gasteiger partial charge in [-0.05, 0) is 32.4 Å². The van der Waals surface area contributed by atoms with Gasteiger partial charge in [-0.2, -0.15) is 0 Å². The first kappa shape index (κ1) is 14.5. The van der Waals surface area contributed by atoms with E-state index in [1.807, 2.05) is 4.90 Å². The number of hydrogen-bond donors (Lipinski definition) is 1. The van der Waals surface area contributed by atoms with Crippen LogP contribution in [-0.4, -0.2) is 50.7 Å². The van der Waals surface area contributed by atoms with Crippen molar-refractivity contribution in [2.75, 3.05) is 39.9 Å². The van der Waals surface area contributed by atoms with Crippen LogP contribution in [0.1, 0.15) is 32.6 Å². The van der Waals surface area contributed by atoms with E-state index in [9.17, 15) is 4.79 Å². The van der Waals surface area contributed by atoms with Crippen molar-refractivity contribution in [2.45, 2.75) is 32.6 Å². The van der Waals surface area contributed by atoms with Crippen molar-refractivity contribution in [3.8, 4) is 0 Å². The topological polar surface area (TPSA) is 41.6 Å². The predicted octanol–water partition coefficient (Wildman–Crippen LogP) is 1.26. The van der Waals surface area contributed by atoms with Crippen molar-refractivity contribution in [2.24, 2.45) is 5.92 Å². The van der Waals surface area contributed by atoms with E-state index in [1.54, 1.807) is 7.11 Å². The smallest absolute Gasteiger partial charge is 0.225 e. The van der Waals surface area contributed by atoms with Crippen molar-refractivity contribution >= 4 is 5.91 Å². The first-order chi connectivity index (χ1) is 8.29. The Bertz CT molecular complexity index is 207. The van der Waals surface area contributed by atoms with E-state index in [0.29, 0.717) is 12.5 Å². The number of piperidine rings is 1. The minimum atomic E-state index is 0.227. The van der Waals surface area contributed by atoms with Crippen LogP contribution in [0.25, 0.3) is 0 Å². The Labute approximate surface area is 105 Å². The van der Waals surface area contributed by atoms with Gasteiger partial charge in [0.25, 0.3) is 0 Å². The summed E-state index contributed by atoms with van der Waals surface area (Å²) in [5.74, 6) is 0.557. The highest BCUT2D eigenvalue weighted by Gasteiger charge is 2.25. The van der Waals surface area contributed by atoms with E-state index >= 15 is 0 Å². The van der Waals surface area contributed by atoms with E-state index in [2.05, 4.69) is 12.2 Å². The molecule has 0 spiro atoms. The highest BCUT2D eigenvalue weighted by molar-refractivity contribution is 5.79. The van der Waals surface area contributed by atoms with Gasteiger partial charge in [-0.25, -0.2) is 0 Å². The summed E-state index contributed by atoms with van der Waals surface area (Å²) in [6.45, 7) is 6.36. The fourth-order valence-corrected chi connectivity index (χ4v) is 2.21. The molecule has 100 valence electrons. The average molecular weight is 242 g/mol. The molecule has 1 N–H and O–H groups in total. The summed E-state index contributed by atoms with van der Waals surface area (Å²) in [7, 11) is 1.69. The molecule has 0 saturated carbocycles.